The van der Waals surface area contributed by atoms with Gasteiger partial charge in [-0.3, -0.25) is 9.59 Å². The Balaban J connectivity index is 1.65. The number of para-hydroxylation sites is 1. The number of ether oxygens (including phenoxy) is 1. The van der Waals surface area contributed by atoms with Gasteiger partial charge in [0.2, 0.25) is 0 Å². The zero-order chi connectivity index (χ0) is 16.9. The molecule has 3 rings (SSSR count). The number of anilines is 1. The normalized spacial score (nSPS) is 17.4. The van der Waals surface area contributed by atoms with Gasteiger partial charge >= 0.3 is 11.8 Å². The van der Waals surface area contributed by atoms with E-state index in [-0.39, 0.29) is 12.4 Å². The van der Waals surface area contributed by atoms with Crippen molar-refractivity contribution in [3.8, 4) is 0 Å². The zero-order valence-electron chi connectivity index (χ0n) is 12.9. The van der Waals surface area contributed by atoms with Crippen molar-refractivity contribution < 1.29 is 18.7 Å². The standard InChI is InChI=1S/C18H17FN2O3/c19-14-6-4-5-13(11-14)16-12-21(9-10-24-16)18(23)17(22)20-15-7-2-1-3-8-15/h1-8,11,16H,9-10,12H2,(H,20,22)/t16-/m1/s1. The molecule has 0 radical (unpaired) electrons. The molecule has 0 aliphatic carbocycles. The molecule has 1 heterocycles. The molecule has 0 aromatic heterocycles. The Bertz CT molecular complexity index is 736. The second-order valence-electron chi connectivity index (χ2n) is 5.49. The molecule has 5 nitrogen and oxygen atoms in total. The van der Waals surface area contributed by atoms with E-state index >= 15 is 0 Å². The topological polar surface area (TPSA) is 58.6 Å². The summed E-state index contributed by atoms with van der Waals surface area (Å²) in [5.74, 6) is -1.67. The minimum Gasteiger partial charge on any atom is -0.370 e. The number of morpholine rings is 1. The van der Waals surface area contributed by atoms with Crippen LogP contribution in [0.3, 0.4) is 0 Å². The average Bonchev–Trinajstić information content (AvgIpc) is 2.62. The van der Waals surface area contributed by atoms with Gasteiger partial charge in [0.15, 0.2) is 0 Å². The molecule has 1 N–H and O–H groups in total. The highest BCUT2D eigenvalue weighted by atomic mass is 19.1. The molecule has 0 bridgehead atoms. The number of halogens is 1. The number of nitrogens with one attached hydrogen (secondary N) is 1. The van der Waals surface area contributed by atoms with Gasteiger partial charge in [-0.15, -0.1) is 0 Å². The van der Waals surface area contributed by atoms with E-state index in [1.165, 1.54) is 17.0 Å². The third-order valence-corrected chi connectivity index (χ3v) is 3.80. The third-order valence-electron chi connectivity index (χ3n) is 3.80. The number of nitrogens with zero attached hydrogens (tertiary/aromatic N) is 1. The minimum atomic E-state index is -0.693. The predicted molar refractivity (Wildman–Crippen MR) is 86.7 cm³/mol. The van der Waals surface area contributed by atoms with Gasteiger partial charge in [0.05, 0.1) is 13.2 Å². The molecule has 0 unspecified atom stereocenters. The van der Waals surface area contributed by atoms with Crippen molar-refractivity contribution in [2.75, 3.05) is 25.0 Å². The van der Waals surface area contributed by atoms with Crippen LogP contribution in [-0.2, 0) is 14.3 Å². The molecule has 1 fully saturated rings. The van der Waals surface area contributed by atoms with E-state index in [1.807, 2.05) is 6.07 Å². The number of rotatable bonds is 2. The monoisotopic (exact) mass is 328 g/mol. The summed E-state index contributed by atoms with van der Waals surface area (Å²) in [7, 11) is 0. The molecule has 0 saturated carbocycles. The number of carbonyl (C=O) groups excluding carboxylic acids is 2. The quantitative estimate of drug-likeness (QED) is 0.861. The lowest BCUT2D eigenvalue weighted by Crippen LogP contribution is -2.46. The maximum Gasteiger partial charge on any atom is 0.313 e. The maximum atomic E-state index is 13.3. The molecule has 6 heteroatoms. The first-order valence-corrected chi connectivity index (χ1v) is 7.66. The lowest BCUT2D eigenvalue weighted by atomic mass is 10.1. The Morgan fingerprint density at radius 3 is 2.67 bits per heavy atom. The zero-order valence-corrected chi connectivity index (χ0v) is 12.9. The molecule has 1 aliphatic heterocycles. The van der Waals surface area contributed by atoms with Gasteiger partial charge in [0.25, 0.3) is 0 Å². The molecule has 2 aromatic rings. The smallest absolute Gasteiger partial charge is 0.313 e. The predicted octanol–water partition coefficient (Wildman–Crippen LogP) is 2.36. The van der Waals surface area contributed by atoms with Crippen LogP contribution >= 0.6 is 0 Å². The van der Waals surface area contributed by atoms with Crippen molar-refractivity contribution in [1.82, 2.24) is 4.90 Å². The molecule has 24 heavy (non-hydrogen) atoms. The van der Waals surface area contributed by atoms with Crippen LogP contribution in [0.5, 0.6) is 0 Å². The lowest BCUT2D eigenvalue weighted by molar-refractivity contribution is -0.148. The molecule has 0 spiro atoms. The first-order chi connectivity index (χ1) is 11.6. The number of carbonyl (C=O) groups is 2. The first-order valence-electron chi connectivity index (χ1n) is 7.66. The Labute approximate surface area is 139 Å². The van der Waals surface area contributed by atoms with E-state index in [1.54, 1.807) is 36.4 Å². The minimum absolute atomic E-state index is 0.213. The molecule has 124 valence electrons. The van der Waals surface area contributed by atoms with Gasteiger partial charge in [-0.25, -0.2) is 4.39 Å². The fourth-order valence-corrected chi connectivity index (χ4v) is 2.59. The van der Waals surface area contributed by atoms with E-state index in [4.69, 9.17) is 4.74 Å². The molecular weight excluding hydrogens is 311 g/mol. The van der Waals surface area contributed by atoms with E-state index in [2.05, 4.69) is 5.32 Å². The van der Waals surface area contributed by atoms with Crippen LogP contribution in [-0.4, -0.2) is 36.4 Å². The molecule has 1 aliphatic rings. The number of amides is 2. The van der Waals surface area contributed by atoms with Gasteiger partial charge in [-0.1, -0.05) is 30.3 Å². The molecule has 2 amide bonds. The van der Waals surface area contributed by atoms with Crippen molar-refractivity contribution >= 4 is 17.5 Å². The SMILES string of the molecule is O=C(Nc1ccccc1)C(=O)N1CCO[C@@H](c2cccc(F)c2)C1. The maximum absolute atomic E-state index is 13.3. The third kappa shape index (κ3) is 3.78. The summed E-state index contributed by atoms with van der Waals surface area (Å²) >= 11 is 0. The van der Waals surface area contributed by atoms with Gasteiger partial charge in [0.1, 0.15) is 11.9 Å². The Morgan fingerprint density at radius 1 is 1.12 bits per heavy atom. The van der Waals surface area contributed by atoms with Crippen LogP contribution < -0.4 is 5.32 Å². The summed E-state index contributed by atoms with van der Waals surface area (Å²) in [5.41, 5.74) is 1.21. The van der Waals surface area contributed by atoms with Crippen LogP contribution in [0.1, 0.15) is 11.7 Å². The van der Waals surface area contributed by atoms with Gasteiger partial charge in [0, 0.05) is 12.2 Å². The summed E-state index contributed by atoms with van der Waals surface area (Å²) in [6.07, 6.45) is -0.442. The fourth-order valence-electron chi connectivity index (χ4n) is 2.59. The van der Waals surface area contributed by atoms with E-state index in [0.717, 1.165) is 0 Å². The highest BCUT2D eigenvalue weighted by Gasteiger charge is 2.29. The van der Waals surface area contributed by atoms with Crippen molar-refractivity contribution in [2.45, 2.75) is 6.10 Å². The average molecular weight is 328 g/mol. The van der Waals surface area contributed by atoms with E-state index in [9.17, 15) is 14.0 Å². The van der Waals surface area contributed by atoms with Gasteiger partial charge in [-0.2, -0.15) is 0 Å². The highest BCUT2D eigenvalue weighted by molar-refractivity contribution is 6.39. The summed E-state index contributed by atoms with van der Waals surface area (Å²) in [6, 6.07) is 14.8. The number of hydrogen-bond donors (Lipinski definition) is 1. The number of benzene rings is 2. The highest BCUT2D eigenvalue weighted by Crippen LogP contribution is 2.23. The second-order valence-corrected chi connectivity index (χ2v) is 5.49. The summed E-state index contributed by atoms with van der Waals surface area (Å²) in [4.78, 5) is 25.9. The van der Waals surface area contributed by atoms with Gasteiger partial charge in [-0.05, 0) is 29.8 Å². The fraction of sp³-hybridized carbons (Fsp3) is 0.222. The van der Waals surface area contributed by atoms with Crippen molar-refractivity contribution in [1.29, 1.82) is 0 Å². The molecule has 2 aromatic carbocycles. The summed E-state index contributed by atoms with van der Waals surface area (Å²) in [6.45, 7) is 0.836. The van der Waals surface area contributed by atoms with E-state index < -0.39 is 17.9 Å². The van der Waals surface area contributed by atoms with Crippen LogP contribution in [0.4, 0.5) is 10.1 Å². The summed E-state index contributed by atoms with van der Waals surface area (Å²) < 4.78 is 19.0. The van der Waals surface area contributed by atoms with Crippen molar-refractivity contribution in [2.24, 2.45) is 0 Å². The molecule has 1 saturated heterocycles. The molecule has 1 atom stereocenters. The Morgan fingerprint density at radius 2 is 1.92 bits per heavy atom. The lowest BCUT2D eigenvalue weighted by Gasteiger charge is -2.32. The molecular formula is C18H17FN2O3. The van der Waals surface area contributed by atoms with Crippen LogP contribution in [0.25, 0.3) is 0 Å². The Kier molecular flexibility index (Phi) is 4.86. The Hall–Kier alpha value is -2.73. The van der Waals surface area contributed by atoms with E-state index in [0.29, 0.717) is 24.4 Å². The van der Waals surface area contributed by atoms with Crippen molar-refractivity contribution in [3.05, 3.63) is 66.0 Å². The van der Waals surface area contributed by atoms with Crippen LogP contribution in [0, 0.1) is 5.82 Å². The summed E-state index contributed by atoms with van der Waals surface area (Å²) in [5, 5.41) is 2.57. The second kappa shape index (κ2) is 7.23. The first kappa shape index (κ1) is 16.1. The number of hydrogen-bond acceptors (Lipinski definition) is 3. The van der Waals surface area contributed by atoms with Crippen molar-refractivity contribution in [3.63, 3.8) is 0 Å². The van der Waals surface area contributed by atoms with Crippen LogP contribution in [0.2, 0.25) is 0 Å². The van der Waals surface area contributed by atoms with Crippen LogP contribution in [0.15, 0.2) is 54.6 Å². The largest absolute Gasteiger partial charge is 0.370 e. The van der Waals surface area contributed by atoms with Gasteiger partial charge < -0.3 is 15.0 Å².